The number of hydrogen-bond donors (Lipinski definition) is 2. The minimum absolute atomic E-state index is 0. The smallest absolute Gasteiger partial charge is 0.189 e. The van der Waals surface area contributed by atoms with Crippen LogP contribution in [0.15, 0.2) is 59.6 Å². The van der Waals surface area contributed by atoms with Crippen molar-refractivity contribution in [2.45, 2.75) is 25.3 Å². The Bertz CT molecular complexity index is 661. The molecule has 1 unspecified atom stereocenters. The summed E-state index contributed by atoms with van der Waals surface area (Å²) in [5.74, 6) is 1.45. The first-order valence-electron chi connectivity index (χ1n) is 8.15. The number of hydrogen-bond acceptors (Lipinski definition) is 2. The molecule has 128 valence electrons. The van der Waals surface area contributed by atoms with Gasteiger partial charge in [0.05, 0.1) is 12.6 Å². The molecule has 1 heterocycles. The van der Waals surface area contributed by atoms with Gasteiger partial charge in [0, 0.05) is 18.5 Å². The molecule has 24 heavy (non-hydrogen) atoms. The molecule has 0 aliphatic carbocycles. The van der Waals surface area contributed by atoms with Crippen molar-refractivity contribution in [2.24, 2.45) is 10.7 Å². The van der Waals surface area contributed by atoms with Crippen molar-refractivity contribution in [3.63, 3.8) is 0 Å². The standard InChI is InChI=1S/C19H23N3O.HI/c20-19(21-13-6-9-15-7-2-1-3-8-15)22-17-12-14-23-18-11-5-4-10-16(17)18;/h1-5,7-8,10-11,17H,6,9,12-14H2,(H3,20,21,22);1H. The van der Waals surface area contributed by atoms with Gasteiger partial charge in [-0.05, 0) is 24.5 Å². The Morgan fingerprint density at radius 1 is 1.12 bits per heavy atom. The Kier molecular flexibility index (Phi) is 7.36. The molecule has 2 aromatic carbocycles. The van der Waals surface area contributed by atoms with Crippen LogP contribution in [0, 0.1) is 0 Å². The molecule has 0 saturated carbocycles. The van der Waals surface area contributed by atoms with Crippen LogP contribution in [0.1, 0.15) is 30.0 Å². The van der Waals surface area contributed by atoms with Gasteiger partial charge < -0.3 is 15.8 Å². The number of para-hydroxylation sites is 1. The molecule has 3 N–H and O–H groups in total. The zero-order chi connectivity index (χ0) is 15.9. The van der Waals surface area contributed by atoms with E-state index in [1.54, 1.807) is 0 Å². The molecule has 4 nitrogen and oxygen atoms in total. The van der Waals surface area contributed by atoms with Crippen LogP contribution in [0.4, 0.5) is 0 Å². The van der Waals surface area contributed by atoms with Crippen LogP contribution in [-0.4, -0.2) is 19.1 Å². The number of nitrogens with zero attached hydrogens (tertiary/aromatic N) is 1. The Morgan fingerprint density at radius 2 is 1.88 bits per heavy atom. The van der Waals surface area contributed by atoms with Gasteiger partial charge in [0.2, 0.25) is 0 Å². The number of guanidine groups is 1. The van der Waals surface area contributed by atoms with Gasteiger partial charge >= 0.3 is 0 Å². The fourth-order valence-electron chi connectivity index (χ4n) is 2.84. The first kappa shape index (κ1) is 18.6. The van der Waals surface area contributed by atoms with Crippen LogP contribution >= 0.6 is 24.0 Å². The third-order valence-corrected chi connectivity index (χ3v) is 4.03. The molecule has 0 aromatic heterocycles. The highest BCUT2D eigenvalue weighted by molar-refractivity contribution is 14.0. The van der Waals surface area contributed by atoms with E-state index in [0.717, 1.165) is 37.1 Å². The monoisotopic (exact) mass is 437 g/mol. The molecular weight excluding hydrogens is 413 g/mol. The van der Waals surface area contributed by atoms with E-state index in [4.69, 9.17) is 10.5 Å². The van der Waals surface area contributed by atoms with Crippen molar-refractivity contribution in [3.05, 3.63) is 65.7 Å². The summed E-state index contributed by atoms with van der Waals surface area (Å²) >= 11 is 0. The van der Waals surface area contributed by atoms with E-state index in [1.807, 2.05) is 24.3 Å². The van der Waals surface area contributed by atoms with Crippen LogP contribution in [0.5, 0.6) is 5.75 Å². The van der Waals surface area contributed by atoms with E-state index < -0.39 is 0 Å². The summed E-state index contributed by atoms with van der Waals surface area (Å²) in [6, 6.07) is 18.7. The number of rotatable bonds is 5. The fourth-order valence-corrected chi connectivity index (χ4v) is 2.84. The zero-order valence-corrected chi connectivity index (χ0v) is 16.0. The van der Waals surface area contributed by atoms with Gasteiger partial charge in [-0.3, -0.25) is 4.99 Å². The molecule has 0 bridgehead atoms. The normalized spacial score (nSPS) is 16.5. The Balaban J connectivity index is 0.00000208. The molecule has 0 fully saturated rings. The summed E-state index contributed by atoms with van der Waals surface area (Å²) in [6.45, 7) is 1.44. The van der Waals surface area contributed by atoms with E-state index >= 15 is 0 Å². The molecule has 1 aliphatic rings. The maximum atomic E-state index is 6.04. The zero-order valence-electron chi connectivity index (χ0n) is 13.7. The van der Waals surface area contributed by atoms with Crippen molar-refractivity contribution < 1.29 is 4.74 Å². The van der Waals surface area contributed by atoms with Crippen molar-refractivity contribution in [1.82, 2.24) is 5.32 Å². The number of benzene rings is 2. The first-order chi connectivity index (χ1) is 11.3. The van der Waals surface area contributed by atoms with Crippen LogP contribution in [-0.2, 0) is 6.42 Å². The van der Waals surface area contributed by atoms with Gasteiger partial charge in [0.15, 0.2) is 5.96 Å². The maximum absolute atomic E-state index is 6.04. The van der Waals surface area contributed by atoms with Gasteiger partial charge in [0.1, 0.15) is 5.75 Å². The second-order valence-electron chi connectivity index (χ2n) is 5.73. The summed E-state index contributed by atoms with van der Waals surface area (Å²) in [5.41, 5.74) is 8.53. The minimum Gasteiger partial charge on any atom is -0.493 e. The van der Waals surface area contributed by atoms with Crippen molar-refractivity contribution in [3.8, 4) is 5.75 Å². The lowest BCUT2D eigenvalue weighted by molar-refractivity contribution is 0.262. The second-order valence-corrected chi connectivity index (χ2v) is 5.73. The number of nitrogens with two attached hydrogens (primary N) is 1. The SMILES string of the molecule is I.NC(=NCCCc1ccccc1)NC1CCOc2ccccc21. The van der Waals surface area contributed by atoms with E-state index in [2.05, 4.69) is 40.6 Å². The second kappa shape index (κ2) is 9.52. The molecule has 1 aliphatic heterocycles. The Hall–Kier alpha value is -1.76. The van der Waals surface area contributed by atoms with Gasteiger partial charge in [-0.15, -0.1) is 24.0 Å². The van der Waals surface area contributed by atoms with E-state index in [9.17, 15) is 0 Å². The van der Waals surface area contributed by atoms with Crippen LogP contribution in [0.3, 0.4) is 0 Å². The van der Waals surface area contributed by atoms with E-state index in [1.165, 1.54) is 5.56 Å². The van der Waals surface area contributed by atoms with E-state index in [-0.39, 0.29) is 30.0 Å². The van der Waals surface area contributed by atoms with Crippen LogP contribution in [0.2, 0.25) is 0 Å². The van der Waals surface area contributed by atoms with Gasteiger partial charge in [-0.25, -0.2) is 0 Å². The predicted octanol–water partition coefficient (Wildman–Crippen LogP) is 3.67. The number of nitrogens with one attached hydrogen (secondary N) is 1. The number of aliphatic imine (C=N–C) groups is 1. The van der Waals surface area contributed by atoms with Gasteiger partial charge in [-0.1, -0.05) is 48.5 Å². The lowest BCUT2D eigenvalue weighted by atomic mass is 10.0. The highest BCUT2D eigenvalue weighted by Crippen LogP contribution is 2.31. The van der Waals surface area contributed by atoms with E-state index in [0.29, 0.717) is 12.6 Å². The van der Waals surface area contributed by atoms with Crippen LogP contribution in [0.25, 0.3) is 0 Å². The number of aryl methyl sites for hydroxylation is 1. The van der Waals surface area contributed by atoms with Crippen molar-refractivity contribution in [1.29, 1.82) is 0 Å². The van der Waals surface area contributed by atoms with Crippen molar-refractivity contribution >= 4 is 29.9 Å². The molecule has 0 radical (unpaired) electrons. The summed E-state index contributed by atoms with van der Waals surface area (Å²) < 4.78 is 5.66. The number of halogens is 1. The topological polar surface area (TPSA) is 59.6 Å². The molecule has 0 amide bonds. The van der Waals surface area contributed by atoms with Gasteiger partial charge in [0.25, 0.3) is 0 Å². The first-order valence-corrected chi connectivity index (χ1v) is 8.15. The molecule has 2 aromatic rings. The third-order valence-electron chi connectivity index (χ3n) is 4.03. The molecule has 5 heteroatoms. The Morgan fingerprint density at radius 3 is 2.71 bits per heavy atom. The minimum atomic E-state index is 0. The van der Waals surface area contributed by atoms with Crippen molar-refractivity contribution in [2.75, 3.05) is 13.2 Å². The third kappa shape index (κ3) is 5.12. The number of ether oxygens (including phenoxy) is 1. The molecule has 0 saturated heterocycles. The molecule has 0 spiro atoms. The molecule has 3 rings (SSSR count). The summed E-state index contributed by atoms with van der Waals surface area (Å²) in [5, 5.41) is 3.32. The highest BCUT2D eigenvalue weighted by Gasteiger charge is 2.20. The fraction of sp³-hybridized carbons (Fsp3) is 0.316. The van der Waals surface area contributed by atoms with Gasteiger partial charge in [-0.2, -0.15) is 0 Å². The summed E-state index contributed by atoms with van der Waals surface area (Å²) in [4.78, 5) is 4.45. The Labute approximate surface area is 160 Å². The molecular formula is C19H24IN3O. The lowest BCUT2D eigenvalue weighted by Crippen LogP contribution is -2.37. The maximum Gasteiger partial charge on any atom is 0.189 e. The summed E-state index contributed by atoms with van der Waals surface area (Å²) in [6.07, 6.45) is 2.92. The molecule has 1 atom stereocenters. The summed E-state index contributed by atoms with van der Waals surface area (Å²) in [7, 11) is 0. The largest absolute Gasteiger partial charge is 0.493 e. The van der Waals surface area contributed by atoms with Crippen LogP contribution < -0.4 is 15.8 Å². The average molecular weight is 437 g/mol. The quantitative estimate of drug-likeness (QED) is 0.325. The predicted molar refractivity (Wildman–Crippen MR) is 109 cm³/mol. The average Bonchev–Trinajstić information content (AvgIpc) is 2.60. The highest BCUT2D eigenvalue weighted by atomic mass is 127. The number of fused-ring (bicyclic) bond motifs is 1. The lowest BCUT2D eigenvalue weighted by Gasteiger charge is -2.26.